The first-order valence-corrected chi connectivity index (χ1v) is 11.6. The third kappa shape index (κ3) is 6.64. The molecule has 1 aliphatic heterocycles. The molecule has 30 heavy (non-hydrogen) atoms. The van der Waals surface area contributed by atoms with Crippen LogP contribution in [0.1, 0.15) is 25.8 Å². The Morgan fingerprint density at radius 3 is 2.33 bits per heavy atom. The maximum Gasteiger partial charge on any atom is 0.404 e. The van der Waals surface area contributed by atoms with Crippen LogP contribution < -0.4 is 5.32 Å². The van der Waals surface area contributed by atoms with Crippen molar-refractivity contribution in [2.24, 2.45) is 5.92 Å². The molecule has 1 saturated heterocycles. The highest BCUT2D eigenvalue weighted by Gasteiger charge is 2.45. The zero-order valence-corrected chi connectivity index (χ0v) is 18.8. The molecule has 1 aromatic rings. The Kier molecular flexibility index (Phi) is 8.62. The van der Waals surface area contributed by atoms with Crippen molar-refractivity contribution in [3.63, 3.8) is 0 Å². The van der Waals surface area contributed by atoms with Crippen LogP contribution in [0.3, 0.4) is 0 Å². The summed E-state index contributed by atoms with van der Waals surface area (Å²) in [6.07, 6.45) is -1.21. The Bertz CT molecular complexity index is 782. The average Bonchev–Trinajstić information content (AvgIpc) is 2.66. The third-order valence-corrected chi connectivity index (χ3v) is 7.26. The Morgan fingerprint density at radius 2 is 1.80 bits per heavy atom. The van der Waals surface area contributed by atoms with E-state index in [1.165, 1.54) is 8.61 Å². The van der Waals surface area contributed by atoms with Gasteiger partial charge in [-0.3, -0.25) is 0 Å². The van der Waals surface area contributed by atoms with E-state index in [2.05, 4.69) is 10.2 Å². The van der Waals surface area contributed by atoms with Gasteiger partial charge in [0.05, 0.1) is 0 Å². The van der Waals surface area contributed by atoms with E-state index in [4.69, 9.17) is 5.11 Å². The summed E-state index contributed by atoms with van der Waals surface area (Å²) in [5.41, 5.74) is -0.992. The summed E-state index contributed by atoms with van der Waals surface area (Å²) in [6.45, 7) is 5.79. The molecule has 1 unspecified atom stereocenters. The van der Waals surface area contributed by atoms with Crippen molar-refractivity contribution in [1.82, 2.24) is 18.8 Å². The number of amides is 1. The van der Waals surface area contributed by atoms with Crippen LogP contribution in [-0.2, 0) is 16.6 Å². The van der Waals surface area contributed by atoms with Gasteiger partial charge in [-0.15, -0.1) is 0 Å². The van der Waals surface area contributed by atoms with Gasteiger partial charge in [-0.2, -0.15) is 17.0 Å². The van der Waals surface area contributed by atoms with Gasteiger partial charge in [-0.05, 0) is 18.5 Å². The van der Waals surface area contributed by atoms with Crippen LogP contribution in [0.15, 0.2) is 30.3 Å². The van der Waals surface area contributed by atoms with Gasteiger partial charge in [0.15, 0.2) is 0 Å². The maximum absolute atomic E-state index is 13.6. The molecular formula is C20H34N4O5S. The van der Waals surface area contributed by atoms with Crippen LogP contribution in [0.25, 0.3) is 0 Å². The highest BCUT2D eigenvalue weighted by Crippen LogP contribution is 2.29. The lowest BCUT2D eigenvalue weighted by atomic mass is 9.98. The lowest BCUT2D eigenvalue weighted by Gasteiger charge is -2.43. The highest BCUT2D eigenvalue weighted by molar-refractivity contribution is 7.86. The number of aliphatic hydroxyl groups is 1. The van der Waals surface area contributed by atoms with Gasteiger partial charge in [0.2, 0.25) is 0 Å². The second-order valence-electron chi connectivity index (χ2n) is 8.26. The first-order chi connectivity index (χ1) is 14.0. The molecule has 0 saturated carbocycles. The van der Waals surface area contributed by atoms with Crippen molar-refractivity contribution >= 4 is 16.3 Å². The van der Waals surface area contributed by atoms with Gasteiger partial charge in [0, 0.05) is 52.1 Å². The number of nitrogens with zero attached hydrogens (tertiary/aromatic N) is 3. The zero-order valence-electron chi connectivity index (χ0n) is 18.0. The van der Waals surface area contributed by atoms with Crippen LogP contribution in [0.5, 0.6) is 0 Å². The molecule has 1 aromatic carbocycles. The van der Waals surface area contributed by atoms with Gasteiger partial charge < -0.3 is 20.4 Å². The summed E-state index contributed by atoms with van der Waals surface area (Å²) in [4.78, 5) is 13.0. The fourth-order valence-electron chi connectivity index (χ4n) is 3.56. The second kappa shape index (κ2) is 10.5. The summed E-state index contributed by atoms with van der Waals surface area (Å²) < 4.78 is 29.8. The SMILES string of the molecule is CC(C)CN(C(O)(CCNC(=O)O)Cc1ccccc1)S(=O)(=O)N1CCN(C)CC1. The summed E-state index contributed by atoms with van der Waals surface area (Å²) >= 11 is 0. The molecule has 3 N–H and O–H groups in total. The molecular weight excluding hydrogens is 408 g/mol. The van der Waals surface area contributed by atoms with E-state index in [1.807, 2.05) is 51.2 Å². The van der Waals surface area contributed by atoms with Gasteiger partial charge in [-0.1, -0.05) is 44.2 Å². The Labute approximate surface area is 179 Å². The number of hydrogen-bond acceptors (Lipinski definition) is 5. The van der Waals surface area contributed by atoms with Gasteiger partial charge in [0.1, 0.15) is 5.72 Å². The number of carboxylic acid groups (broad SMARTS) is 1. The van der Waals surface area contributed by atoms with Crippen molar-refractivity contribution in [2.75, 3.05) is 46.3 Å². The fraction of sp³-hybridized carbons (Fsp3) is 0.650. The topological polar surface area (TPSA) is 113 Å². The Morgan fingerprint density at radius 1 is 1.20 bits per heavy atom. The molecule has 0 aliphatic carbocycles. The van der Waals surface area contributed by atoms with Crippen molar-refractivity contribution in [1.29, 1.82) is 0 Å². The van der Waals surface area contributed by atoms with Crippen LogP contribution in [0.4, 0.5) is 4.79 Å². The first kappa shape index (κ1) is 24.5. The predicted molar refractivity (Wildman–Crippen MR) is 115 cm³/mol. The number of benzene rings is 1. The van der Waals surface area contributed by atoms with Gasteiger partial charge in [0.25, 0.3) is 10.2 Å². The molecule has 1 fully saturated rings. The van der Waals surface area contributed by atoms with E-state index in [-0.39, 0.29) is 31.8 Å². The fourth-order valence-corrected chi connectivity index (χ4v) is 5.54. The van der Waals surface area contributed by atoms with Crippen LogP contribution >= 0.6 is 0 Å². The largest absolute Gasteiger partial charge is 0.465 e. The van der Waals surface area contributed by atoms with Crippen molar-refractivity contribution in [2.45, 2.75) is 32.4 Å². The van der Waals surface area contributed by atoms with Gasteiger partial charge in [-0.25, -0.2) is 4.79 Å². The lowest BCUT2D eigenvalue weighted by molar-refractivity contribution is -0.0732. The molecule has 0 aromatic heterocycles. The Balaban J connectivity index is 2.39. The molecule has 0 bridgehead atoms. The molecule has 170 valence electrons. The lowest BCUT2D eigenvalue weighted by Crippen LogP contribution is -2.61. The van der Waals surface area contributed by atoms with Crippen molar-refractivity contribution in [3.05, 3.63) is 35.9 Å². The zero-order chi connectivity index (χ0) is 22.4. The standard InChI is InChI=1S/C20H34N4O5S/c1-17(2)16-24(30(28,29)23-13-11-22(3)12-14-23)20(27,9-10-21-19(25)26)15-18-7-5-4-6-8-18/h4-8,17,21,27H,9-16H2,1-3H3,(H,25,26). The van der Waals surface area contributed by atoms with E-state index in [0.29, 0.717) is 26.2 Å². The third-order valence-electron chi connectivity index (χ3n) is 5.19. The summed E-state index contributed by atoms with van der Waals surface area (Å²) in [6, 6.07) is 9.15. The summed E-state index contributed by atoms with van der Waals surface area (Å²) in [5.74, 6) is -0.0260. The molecule has 1 amide bonds. The predicted octanol–water partition coefficient (Wildman–Crippen LogP) is 1.03. The minimum Gasteiger partial charge on any atom is -0.465 e. The smallest absolute Gasteiger partial charge is 0.404 e. The molecule has 0 radical (unpaired) electrons. The van der Waals surface area contributed by atoms with E-state index < -0.39 is 22.0 Å². The van der Waals surface area contributed by atoms with Crippen LogP contribution in [-0.4, -0.2) is 90.3 Å². The second-order valence-corrected chi connectivity index (χ2v) is 10.1. The van der Waals surface area contributed by atoms with E-state index >= 15 is 0 Å². The summed E-state index contributed by atoms with van der Waals surface area (Å²) in [5, 5.41) is 22.9. The summed E-state index contributed by atoms with van der Waals surface area (Å²) in [7, 11) is -2.01. The Hall–Kier alpha value is -1.72. The minimum absolute atomic E-state index is 0.0260. The number of rotatable bonds is 10. The van der Waals surface area contributed by atoms with Gasteiger partial charge >= 0.3 is 6.09 Å². The number of hydrogen-bond donors (Lipinski definition) is 3. The van der Waals surface area contributed by atoms with Crippen LogP contribution in [0, 0.1) is 5.92 Å². The minimum atomic E-state index is -3.96. The molecule has 1 heterocycles. The number of nitrogens with one attached hydrogen (secondary N) is 1. The normalized spacial score (nSPS) is 18.5. The molecule has 2 rings (SSSR count). The monoisotopic (exact) mass is 442 g/mol. The van der Waals surface area contributed by atoms with E-state index in [0.717, 1.165) is 5.56 Å². The molecule has 9 nitrogen and oxygen atoms in total. The highest BCUT2D eigenvalue weighted by atomic mass is 32.2. The maximum atomic E-state index is 13.6. The van der Waals surface area contributed by atoms with E-state index in [1.54, 1.807) is 0 Å². The first-order valence-electron chi connectivity index (χ1n) is 10.2. The number of likely N-dealkylation sites (N-methyl/N-ethyl adjacent to an activating group) is 1. The average molecular weight is 443 g/mol. The van der Waals surface area contributed by atoms with E-state index in [9.17, 15) is 18.3 Å². The molecule has 10 heteroatoms. The molecule has 1 aliphatic rings. The van der Waals surface area contributed by atoms with Crippen LogP contribution in [0.2, 0.25) is 0 Å². The molecule has 0 spiro atoms. The quantitative estimate of drug-likeness (QED) is 0.467. The number of piperazine rings is 1. The number of carbonyl (C=O) groups is 1. The van der Waals surface area contributed by atoms with Crippen molar-refractivity contribution in [3.8, 4) is 0 Å². The molecule has 1 atom stereocenters. The van der Waals surface area contributed by atoms with Crippen molar-refractivity contribution < 1.29 is 23.4 Å².